The van der Waals surface area contributed by atoms with Crippen molar-refractivity contribution in [1.82, 2.24) is 9.97 Å². The Kier molecular flexibility index (Phi) is 6.18. The van der Waals surface area contributed by atoms with Gasteiger partial charge in [-0.25, -0.2) is 9.97 Å². The summed E-state index contributed by atoms with van der Waals surface area (Å²) in [5.41, 5.74) is 7.65. The highest BCUT2D eigenvalue weighted by molar-refractivity contribution is 6.21. The predicted octanol–water partition coefficient (Wildman–Crippen LogP) is 10.5. The Labute approximate surface area is 255 Å². The Morgan fingerprint density at radius 1 is 0.432 bits per heavy atom. The maximum atomic E-state index is 9.18. The molecule has 0 amide bonds. The quantitative estimate of drug-likeness (QED) is 0.159. The third-order valence-corrected chi connectivity index (χ3v) is 8.30. The second-order valence-electron chi connectivity index (χ2n) is 11.0. The molecular weight excluding hydrogens is 534 g/mol. The summed E-state index contributed by atoms with van der Waals surface area (Å²) in [4.78, 5) is 10.5. The van der Waals surface area contributed by atoms with Crippen LogP contribution in [0.15, 0.2) is 152 Å². The molecule has 204 valence electrons. The lowest BCUT2D eigenvalue weighted by molar-refractivity contribution is 1.19. The van der Waals surface area contributed by atoms with E-state index in [1.165, 1.54) is 16.2 Å². The summed E-state index contributed by atoms with van der Waals surface area (Å²) >= 11 is 0. The summed E-state index contributed by atoms with van der Waals surface area (Å²) in [6.07, 6.45) is 0. The van der Waals surface area contributed by atoms with Crippen molar-refractivity contribution >= 4 is 32.3 Å². The lowest BCUT2D eigenvalue weighted by Gasteiger charge is -2.15. The van der Waals surface area contributed by atoms with Crippen molar-refractivity contribution in [3.05, 3.63) is 157 Å². The first kappa shape index (κ1) is 25.6. The summed E-state index contributed by atoms with van der Waals surface area (Å²) in [7, 11) is 0. The van der Waals surface area contributed by atoms with Crippen LogP contribution in [0.5, 0.6) is 0 Å². The van der Waals surface area contributed by atoms with E-state index in [1.54, 1.807) is 0 Å². The number of rotatable bonds is 4. The number of hydrogen-bond acceptors (Lipinski definition) is 3. The van der Waals surface area contributed by atoms with Crippen molar-refractivity contribution in [2.75, 3.05) is 0 Å². The molecule has 44 heavy (non-hydrogen) atoms. The summed E-state index contributed by atoms with van der Waals surface area (Å²) < 4.78 is 0. The van der Waals surface area contributed by atoms with E-state index in [4.69, 9.17) is 9.97 Å². The molecule has 0 unspecified atom stereocenters. The molecule has 0 N–H and O–H groups in total. The normalized spacial score (nSPS) is 11.2. The topological polar surface area (TPSA) is 49.6 Å². The maximum Gasteiger partial charge on any atom is 0.161 e. The first-order valence-corrected chi connectivity index (χ1v) is 14.6. The molecule has 0 spiro atoms. The van der Waals surface area contributed by atoms with E-state index in [2.05, 4.69) is 115 Å². The molecule has 0 saturated heterocycles. The minimum atomic E-state index is 0.654. The van der Waals surface area contributed by atoms with Gasteiger partial charge in [-0.3, -0.25) is 0 Å². The van der Waals surface area contributed by atoms with Crippen LogP contribution in [0.25, 0.3) is 77.3 Å². The molecule has 1 heterocycles. The van der Waals surface area contributed by atoms with Crippen molar-refractivity contribution in [1.29, 1.82) is 5.26 Å². The van der Waals surface area contributed by atoms with Crippen LogP contribution < -0.4 is 0 Å². The number of nitrogens with zero attached hydrogens (tertiary/aromatic N) is 3. The van der Waals surface area contributed by atoms with Gasteiger partial charge >= 0.3 is 0 Å². The predicted molar refractivity (Wildman–Crippen MR) is 181 cm³/mol. The molecule has 0 aliphatic heterocycles. The highest BCUT2D eigenvalue weighted by Crippen LogP contribution is 2.40. The van der Waals surface area contributed by atoms with Gasteiger partial charge in [0.2, 0.25) is 0 Å². The van der Waals surface area contributed by atoms with Gasteiger partial charge < -0.3 is 0 Å². The first-order valence-electron chi connectivity index (χ1n) is 14.6. The summed E-state index contributed by atoms with van der Waals surface area (Å²) in [5.74, 6) is 0.704. The van der Waals surface area contributed by atoms with Crippen LogP contribution in [-0.4, -0.2) is 9.97 Å². The Balaban J connectivity index is 1.38. The second kappa shape index (κ2) is 10.6. The highest BCUT2D eigenvalue weighted by Gasteiger charge is 2.18. The van der Waals surface area contributed by atoms with Gasteiger partial charge in [0.15, 0.2) is 5.82 Å². The SMILES string of the molecule is N#Cc1ccc(-c2ccc(-c3cc(-c4ccccc4)nc(-c4c5ccccc5cc5ccc6ccccc6c45)n3)cc2)cc1. The van der Waals surface area contributed by atoms with E-state index in [0.717, 1.165) is 55.4 Å². The van der Waals surface area contributed by atoms with Crippen molar-refractivity contribution in [3.8, 4) is 51.1 Å². The molecule has 8 aromatic rings. The maximum absolute atomic E-state index is 9.18. The number of hydrogen-bond donors (Lipinski definition) is 0. The van der Waals surface area contributed by atoms with Gasteiger partial charge in [0.05, 0.1) is 23.0 Å². The molecule has 7 aromatic carbocycles. The molecule has 1 aromatic heterocycles. The summed E-state index contributed by atoms with van der Waals surface area (Å²) in [6, 6.07) is 54.4. The molecule has 0 aliphatic carbocycles. The average molecular weight is 560 g/mol. The molecule has 0 bridgehead atoms. The number of aromatic nitrogens is 2. The van der Waals surface area contributed by atoms with Crippen molar-refractivity contribution in [2.45, 2.75) is 0 Å². The molecule has 0 radical (unpaired) electrons. The van der Waals surface area contributed by atoms with Gasteiger partial charge in [-0.15, -0.1) is 0 Å². The fourth-order valence-electron chi connectivity index (χ4n) is 6.11. The van der Waals surface area contributed by atoms with Gasteiger partial charge in [0.25, 0.3) is 0 Å². The zero-order valence-corrected chi connectivity index (χ0v) is 23.8. The van der Waals surface area contributed by atoms with Gasteiger partial charge in [0, 0.05) is 22.1 Å². The smallest absolute Gasteiger partial charge is 0.161 e. The fraction of sp³-hybridized carbons (Fsp3) is 0. The zero-order valence-electron chi connectivity index (χ0n) is 23.8. The Hall–Kier alpha value is -6.11. The Morgan fingerprint density at radius 2 is 0.977 bits per heavy atom. The molecule has 0 saturated carbocycles. The molecular formula is C41H25N3. The fourth-order valence-corrected chi connectivity index (χ4v) is 6.11. The summed E-state index contributed by atoms with van der Waals surface area (Å²) in [6.45, 7) is 0. The third kappa shape index (κ3) is 4.47. The largest absolute Gasteiger partial charge is 0.228 e. The minimum absolute atomic E-state index is 0.654. The Bertz CT molecular complexity index is 2370. The molecule has 0 fully saturated rings. The van der Waals surface area contributed by atoms with E-state index in [-0.39, 0.29) is 0 Å². The molecule has 0 aliphatic rings. The van der Waals surface area contributed by atoms with E-state index >= 15 is 0 Å². The van der Waals surface area contributed by atoms with Crippen LogP contribution >= 0.6 is 0 Å². The monoisotopic (exact) mass is 559 g/mol. The van der Waals surface area contributed by atoms with E-state index in [0.29, 0.717) is 11.4 Å². The third-order valence-electron chi connectivity index (χ3n) is 8.30. The molecule has 3 heteroatoms. The van der Waals surface area contributed by atoms with E-state index in [1.807, 2.05) is 42.5 Å². The number of fused-ring (bicyclic) bond motifs is 4. The summed E-state index contributed by atoms with van der Waals surface area (Å²) in [5, 5.41) is 16.2. The van der Waals surface area contributed by atoms with Crippen LogP contribution in [-0.2, 0) is 0 Å². The van der Waals surface area contributed by atoms with Crippen molar-refractivity contribution in [2.24, 2.45) is 0 Å². The van der Waals surface area contributed by atoms with E-state index in [9.17, 15) is 5.26 Å². The standard InChI is InChI=1S/C41H25N3/c42-26-27-14-16-28(17-15-27)29-18-21-32(22-19-29)38-25-37(31-9-2-1-3-10-31)43-41(44-38)40-36-13-7-5-11-33(36)24-34-23-20-30-8-4-6-12-35(30)39(34)40/h1-25H. The minimum Gasteiger partial charge on any atom is -0.228 e. The number of nitriles is 1. The van der Waals surface area contributed by atoms with Crippen LogP contribution in [0.2, 0.25) is 0 Å². The first-order chi connectivity index (χ1) is 21.7. The van der Waals surface area contributed by atoms with Crippen LogP contribution in [0, 0.1) is 11.3 Å². The molecule has 8 rings (SSSR count). The van der Waals surface area contributed by atoms with Crippen molar-refractivity contribution in [3.63, 3.8) is 0 Å². The molecule has 3 nitrogen and oxygen atoms in total. The number of benzene rings is 7. The van der Waals surface area contributed by atoms with Gasteiger partial charge in [0.1, 0.15) is 0 Å². The van der Waals surface area contributed by atoms with E-state index < -0.39 is 0 Å². The zero-order chi connectivity index (χ0) is 29.5. The van der Waals surface area contributed by atoms with Gasteiger partial charge in [-0.2, -0.15) is 5.26 Å². The van der Waals surface area contributed by atoms with Crippen LogP contribution in [0.3, 0.4) is 0 Å². The average Bonchev–Trinajstić information content (AvgIpc) is 3.11. The Morgan fingerprint density at radius 3 is 1.68 bits per heavy atom. The lowest BCUT2D eigenvalue weighted by Crippen LogP contribution is -1.98. The lowest BCUT2D eigenvalue weighted by atomic mass is 9.92. The van der Waals surface area contributed by atoms with Gasteiger partial charge in [-0.1, -0.05) is 127 Å². The van der Waals surface area contributed by atoms with Crippen LogP contribution in [0.1, 0.15) is 5.56 Å². The second-order valence-corrected chi connectivity index (χ2v) is 11.0. The van der Waals surface area contributed by atoms with Crippen molar-refractivity contribution < 1.29 is 0 Å². The highest BCUT2D eigenvalue weighted by atomic mass is 14.9. The van der Waals surface area contributed by atoms with Gasteiger partial charge in [-0.05, 0) is 62.3 Å². The van der Waals surface area contributed by atoms with Crippen LogP contribution in [0.4, 0.5) is 0 Å². The molecule has 0 atom stereocenters.